The molecule has 3 N–H and O–H groups in total. The largest absolute Gasteiger partial charge is 0.481 e. The number of aryl methyl sites for hydroxylation is 2. The molecular weight excluding hydrogens is 506 g/mol. The van der Waals surface area contributed by atoms with Gasteiger partial charge in [0.2, 0.25) is 0 Å². The topological polar surface area (TPSA) is 104 Å². The van der Waals surface area contributed by atoms with Crippen LogP contribution in [-0.4, -0.2) is 38.9 Å². The first kappa shape index (κ1) is 24.7. The summed E-state index contributed by atoms with van der Waals surface area (Å²) in [6.07, 6.45) is 3.18. The van der Waals surface area contributed by atoms with E-state index in [4.69, 9.17) is 27.0 Å². The fraction of sp³-hybridized carbons (Fsp3) is 0.143. The number of imidazole rings is 1. The maximum Gasteiger partial charge on any atom is 0.307 e. The minimum atomic E-state index is -0.884. The van der Waals surface area contributed by atoms with Gasteiger partial charge in [-0.2, -0.15) is 0 Å². The van der Waals surface area contributed by atoms with Gasteiger partial charge in [-0.05, 0) is 60.0 Å². The number of aromatic nitrogens is 3. The van der Waals surface area contributed by atoms with Crippen LogP contribution in [0.5, 0.6) is 0 Å². The molecule has 5 aromatic rings. The molecule has 0 saturated carbocycles. The third kappa shape index (κ3) is 4.61. The monoisotopic (exact) mass is 529 g/mol. The lowest BCUT2D eigenvalue weighted by atomic mass is 9.93. The second kappa shape index (κ2) is 9.80. The Kier molecular flexibility index (Phi) is 6.54. The molecule has 9 heteroatoms. The first-order valence-electron chi connectivity index (χ1n) is 11.6. The normalized spacial score (nSPS) is 11.1. The van der Waals surface area contributed by atoms with Gasteiger partial charge in [0.15, 0.2) is 0 Å². The van der Waals surface area contributed by atoms with Crippen molar-refractivity contribution >= 4 is 51.0 Å². The first-order valence-corrected chi connectivity index (χ1v) is 12.8. The number of hydrogen-bond donors (Lipinski definition) is 3. The summed E-state index contributed by atoms with van der Waals surface area (Å²) in [6, 6.07) is 15.2. The van der Waals surface area contributed by atoms with Crippen LogP contribution in [0.25, 0.3) is 43.4 Å². The lowest BCUT2D eigenvalue weighted by molar-refractivity contribution is -0.136. The summed E-state index contributed by atoms with van der Waals surface area (Å²) in [5.41, 5.74) is 7.49. The maximum absolute atomic E-state index is 11.7. The molecule has 0 unspecified atom stereocenters. The quantitative estimate of drug-likeness (QED) is 0.204. The number of halogens is 1. The summed E-state index contributed by atoms with van der Waals surface area (Å²) in [7, 11) is 3.76. The molecule has 0 saturated heterocycles. The van der Waals surface area contributed by atoms with Crippen LogP contribution in [0, 0.1) is 12.3 Å². The molecule has 0 aliphatic heterocycles. The molecule has 0 radical (unpaired) electrons. The predicted octanol–water partition coefficient (Wildman–Crippen LogP) is 6.66. The van der Waals surface area contributed by atoms with Crippen molar-refractivity contribution in [2.24, 2.45) is 7.05 Å². The Hall–Kier alpha value is -4.01. The fourth-order valence-corrected chi connectivity index (χ4v) is 5.75. The van der Waals surface area contributed by atoms with Crippen LogP contribution in [0.2, 0.25) is 5.02 Å². The van der Waals surface area contributed by atoms with Crippen LogP contribution >= 0.6 is 22.9 Å². The molecule has 3 aromatic carbocycles. The lowest BCUT2D eigenvalue weighted by Gasteiger charge is -2.13. The number of carboxylic acid groups (broad SMARTS) is 1. The summed E-state index contributed by atoms with van der Waals surface area (Å²) in [5, 5.41) is 21.8. The van der Waals surface area contributed by atoms with Crippen molar-refractivity contribution in [3.8, 4) is 33.2 Å². The summed E-state index contributed by atoms with van der Waals surface area (Å²) in [5.74, 6) is -0.119. The molecule has 7 nitrogen and oxygen atoms in total. The van der Waals surface area contributed by atoms with Gasteiger partial charge in [0.25, 0.3) is 0 Å². The first-order chi connectivity index (χ1) is 17.8. The zero-order valence-corrected chi connectivity index (χ0v) is 22.0. The Morgan fingerprint density at radius 3 is 2.57 bits per heavy atom. The lowest BCUT2D eigenvalue weighted by Crippen LogP contribution is -2.04. The van der Waals surface area contributed by atoms with Crippen molar-refractivity contribution in [3.63, 3.8) is 0 Å². The van der Waals surface area contributed by atoms with Gasteiger partial charge in [-0.3, -0.25) is 4.79 Å². The summed E-state index contributed by atoms with van der Waals surface area (Å²) < 4.78 is 2.86. The van der Waals surface area contributed by atoms with Gasteiger partial charge in [-0.1, -0.05) is 23.7 Å². The highest BCUT2D eigenvalue weighted by atomic mass is 35.5. The second-order valence-corrected chi connectivity index (χ2v) is 10.2. The number of thiazole rings is 1. The zero-order valence-electron chi connectivity index (χ0n) is 20.5. The van der Waals surface area contributed by atoms with E-state index in [1.165, 1.54) is 17.6 Å². The van der Waals surface area contributed by atoms with Crippen LogP contribution in [-0.2, 0) is 18.3 Å². The van der Waals surface area contributed by atoms with E-state index in [1.807, 2.05) is 80.3 Å². The average Bonchev–Trinajstić information content (AvgIpc) is 3.47. The van der Waals surface area contributed by atoms with E-state index in [-0.39, 0.29) is 6.42 Å². The molecule has 0 aliphatic carbocycles. The van der Waals surface area contributed by atoms with Gasteiger partial charge in [-0.25, -0.2) is 9.97 Å². The van der Waals surface area contributed by atoms with Crippen molar-refractivity contribution in [2.45, 2.75) is 13.3 Å². The molecular formula is C28H24ClN5O2S. The van der Waals surface area contributed by atoms with Gasteiger partial charge < -0.3 is 20.4 Å². The zero-order chi connectivity index (χ0) is 26.3. The Bertz CT molecular complexity index is 1670. The molecule has 5 rings (SSSR count). The Morgan fingerprint density at radius 2 is 1.89 bits per heavy atom. The van der Waals surface area contributed by atoms with Crippen molar-refractivity contribution in [2.75, 3.05) is 12.4 Å². The predicted molar refractivity (Wildman–Crippen MR) is 151 cm³/mol. The number of carbonyl (C=O) groups is 1. The molecule has 2 aromatic heterocycles. The fourth-order valence-electron chi connectivity index (χ4n) is 4.53. The van der Waals surface area contributed by atoms with Crippen molar-refractivity contribution < 1.29 is 9.90 Å². The van der Waals surface area contributed by atoms with Crippen LogP contribution in [0.4, 0.5) is 5.69 Å². The molecule has 0 fully saturated rings. The average molecular weight is 530 g/mol. The Labute approximate surface area is 222 Å². The van der Waals surface area contributed by atoms with Crippen molar-refractivity contribution in [1.29, 1.82) is 5.41 Å². The van der Waals surface area contributed by atoms with Crippen molar-refractivity contribution in [1.82, 2.24) is 14.5 Å². The third-order valence-corrected chi connectivity index (χ3v) is 7.67. The number of nitrogens with zero attached hydrogens (tertiary/aromatic N) is 3. The minimum Gasteiger partial charge on any atom is -0.481 e. The SMILES string of the molecule is CNc1ccc(-c2nc(-c3nc4cc(C)c(CC(=O)O)c(-c5ccc(Cl)cc5)c4s3)cn2C)cc1C=N. The molecule has 0 atom stereocenters. The van der Waals surface area contributed by atoms with E-state index in [0.717, 1.165) is 65.8 Å². The van der Waals surface area contributed by atoms with Gasteiger partial charge in [0.05, 0.1) is 16.6 Å². The minimum absolute atomic E-state index is 0.0847. The standard InChI is InChI=1S/C28H24ClN5O2S/c1-15-10-22-26(25(20(15)12-24(35)36)16-4-7-19(29)8-5-16)37-28(33-22)23-14-34(3)27(32-23)17-6-9-21(31-2)18(11-17)13-30/h4-11,13-14,30-31H,12H2,1-3H3,(H,35,36). The summed E-state index contributed by atoms with van der Waals surface area (Å²) in [4.78, 5) is 21.5. The van der Waals surface area contributed by atoms with Crippen LogP contribution in [0.3, 0.4) is 0 Å². The second-order valence-electron chi connectivity index (χ2n) is 8.75. The number of aliphatic carboxylic acids is 1. The highest BCUT2D eigenvalue weighted by Gasteiger charge is 2.21. The molecule has 0 amide bonds. The van der Waals surface area contributed by atoms with Gasteiger partial charge in [0.1, 0.15) is 16.5 Å². The number of benzene rings is 3. The number of hydrogen-bond acceptors (Lipinski definition) is 6. The van der Waals surface area contributed by atoms with E-state index in [0.29, 0.717) is 5.02 Å². The Balaban J connectivity index is 1.66. The van der Waals surface area contributed by atoms with Crippen LogP contribution in [0.15, 0.2) is 54.7 Å². The van der Waals surface area contributed by atoms with Crippen LogP contribution in [0.1, 0.15) is 16.7 Å². The number of nitrogens with one attached hydrogen (secondary N) is 2. The van der Waals surface area contributed by atoms with E-state index in [9.17, 15) is 9.90 Å². The molecule has 2 heterocycles. The highest BCUT2D eigenvalue weighted by molar-refractivity contribution is 7.22. The van der Waals surface area contributed by atoms with Gasteiger partial charge >= 0.3 is 5.97 Å². The summed E-state index contributed by atoms with van der Waals surface area (Å²) in [6.45, 7) is 1.92. The molecule has 37 heavy (non-hydrogen) atoms. The van der Waals surface area contributed by atoms with E-state index in [1.54, 1.807) is 0 Å². The number of carboxylic acids is 1. The maximum atomic E-state index is 11.7. The Morgan fingerprint density at radius 1 is 1.16 bits per heavy atom. The van der Waals surface area contributed by atoms with E-state index >= 15 is 0 Å². The van der Waals surface area contributed by atoms with Crippen molar-refractivity contribution in [3.05, 3.63) is 76.4 Å². The van der Waals surface area contributed by atoms with Gasteiger partial charge in [0, 0.05) is 53.9 Å². The third-order valence-electron chi connectivity index (χ3n) is 6.30. The molecule has 0 aliphatic rings. The van der Waals surface area contributed by atoms with Gasteiger partial charge in [-0.15, -0.1) is 11.3 Å². The molecule has 186 valence electrons. The highest BCUT2D eigenvalue weighted by Crippen LogP contribution is 2.41. The molecule has 0 spiro atoms. The smallest absolute Gasteiger partial charge is 0.307 e. The molecule has 0 bridgehead atoms. The van der Waals surface area contributed by atoms with Crippen LogP contribution < -0.4 is 5.32 Å². The number of rotatable bonds is 7. The van der Waals surface area contributed by atoms with E-state index < -0.39 is 5.97 Å². The number of anilines is 1. The summed E-state index contributed by atoms with van der Waals surface area (Å²) >= 11 is 7.63. The number of fused-ring (bicyclic) bond motifs is 1. The van der Waals surface area contributed by atoms with E-state index in [2.05, 4.69) is 5.32 Å².